The number of amides is 1. The highest BCUT2D eigenvalue weighted by Crippen LogP contribution is 2.17. The highest BCUT2D eigenvalue weighted by molar-refractivity contribution is 5.82. The van der Waals surface area contributed by atoms with Crippen LogP contribution in [0.2, 0.25) is 0 Å². The quantitative estimate of drug-likeness (QED) is 0.842. The minimum atomic E-state index is -0.824. The van der Waals surface area contributed by atoms with Crippen molar-refractivity contribution in [3.63, 3.8) is 0 Å². The summed E-state index contributed by atoms with van der Waals surface area (Å²) in [6, 6.07) is 7.91. The van der Waals surface area contributed by atoms with Crippen molar-refractivity contribution in [3.05, 3.63) is 35.4 Å². The van der Waals surface area contributed by atoms with Gasteiger partial charge in [-0.3, -0.25) is 9.59 Å². The number of benzene rings is 1. The molecule has 0 bridgehead atoms. The van der Waals surface area contributed by atoms with Crippen LogP contribution in [-0.2, 0) is 22.6 Å². The third-order valence-corrected chi connectivity index (χ3v) is 3.64. The van der Waals surface area contributed by atoms with Gasteiger partial charge in [-0.25, -0.2) is 0 Å². The van der Waals surface area contributed by atoms with Gasteiger partial charge in [-0.05, 0) is 24.0 Å². The van der Waals surface area contributed by atoms with E-state index in [-0.39, 0.29) is 18.4 Å². The summed E-state index contributed by atoms with van der Waals surface area (Å²) in [5.41, 5.74) is 2.45. The molecule has 5 heteroatoms. The Morgan fingerprint density at radius 1 is 1.35 bits per heavy atom. The van der Waals surface area contributed by atoms with Crippen LogP contribution in [0.3, 0.4) is 0 Å². The largest absolute Gasteiger partial charge is 0.481 e. The number of aliphatic carboxylic acids is 1. The van der Waals surface area contributed by atoms with Crippen molar-refractivity contribution in [3.8, 4) is 0 Å². The van der Waals surface area contributed by atoms with Gasteiger partial charge in [0.05, 0.1) is 6.04 Å². The van der Waals surface area contributed by atoms with E-state index < -0.39 is 5.97 Å². The zero-order valence-electron chi connectivity index (χ0n) is 11.6. The monoisotopic (exact) mass is 276 g/mol. The molecule has 0 aliphatic carbocycles. The second-order valence-corrected chi connectivity index (χ2v) is 5.16. The maximum absolute atomic E-state index is 12.3. The van der Waals surface area contributed by atoms with E-state index in [1.165, 1.54) is 11.1 Å². The lowest BCUT2D eigenvalue weighted by Gasteiger charge is -2.29. The number of hydrogen-bond acceptors (Lipinski definition) is 3. The Labute approximate surface area is 118 Å². The van der Waals surface area contributed by atoms with E-state index in [0.717, 1.165) is 0 Å². The summed E-state index contributed by atoms with van der Waals surface area (Å²) in [4.78, 5) is 24.4. The van der Waals surface area contributed by atoms with Crippen LogP contribution < -0.4 is 5.32 Å². The number of carbonyl (C=O) groups is 2. The van der Waals surface area contributed by atoms with E-state index in [2.05, 4.69) is 17.4 Å². The molecule has 108 valence electrons. The van der Waals surface area contributed by atoms with Crippen LogP contribution in [0.25, 0.3) is 0 Å². The second-order valence-electron chi connectivity index (χ2n) is 5.16. The van der Waals surface area contributed by atoms with Crippen molar-refractivity contribution >= 4 is 11.9 Å². The first kappa shape index (κ1) is 14.5. The molecule has 1 aromatic carbocycles. The lowest BCUT2D eigenvalue weighted by Crippen LogP contribution is -2.48. The first-order valence-corrected chi connectivity index (χ1v) is 6.85. The molecule has 1 unspecified atom stereocenters. The lowest BCUT2D eigenvalue weighted by molar-refractivity contribution is -0.138. The summed E-state index contributed by atoms with van der Waals surface area (Å²) in [5, 5.41) is 11.9. The fourth-order valence-electron chi connectivity index (χ4n) is 2.47. The van der Waals surface area contributed by atoms with Crippen LogP contribution in [-0.4, -0.2) is 41.5 Å². The lowest BCUT2D eigenvalue weighted by atomic mass is 9.95. The minimum Gasteiger partial charge on any atom is -0.481 e. The number of hydrogen-bond donors (Lipinski definition) is 2. The number of carbonyl (C=O) groups excluding carboxylic acids is 1. The molecule has 1 aromatic rings. The van der Waals surface area contributed by atoms with Gasteiger partial charge in [-0.15, -0.1) is 0 Å². The molecule has 0 saturated heterocycles. The summed E-state index contributed by atoms with van der Waals surface area (Å²) in [6.07, 6.45) is 1.28. The Morgan fingerprint density at radius 2 is 2.05 bits per heavy atom. The van der Waals surface area contributed by atoms with Crippen LogP contribution in [0.15, 0.2) is 24.3 Å². The zero-order valence-corrected chi connectivity index (χ0v) is 11.6. The smallest absolute Gasteiger partial charge is 0.303 e. The molecule has 5 nitrogen and oxygen atoms in total. The van der Waals surface area contributed by atoms with Crippen molar-refractivity contribution in [1.29, 1.82) is 0 Å². The molecule has 0 spiro atoms. The molecule has 1 aliphatic heterocycles. The third-order valence-electron chi connectivity index (χ3n) is 3.64. The van der Waals surface area contributed by atoms with Gasteiger partial charge in [0, 0.05) is 26.6 Å². The van der Waals surface area contributed by atoms with Gasteiger partial charge in [0.15, 0.2) is 0 Å². The summed E-state index contributed by atoms with van der Waals surface area (Å²) in [5.74, 6) is -0.791. The maximum atomic E-state index is 12.3. The van der Waals surface area contributed by atoms with Crippen molar-refractivity contribution in [2.24, 2.45) is 0 Å². The number of nitrogens with one attached hydrogen (secondary N) is 1. The molecule has 1 aliphatic rings. The van der Waals surface area contributed by atoms with Crippen molar-refractivity contribution in [1.82, 2.24) is 10.2 Å². The van der Waals surface area contributed by atoms with Crippen molar-refractivity contribution < 1.29 is 14.7 Å². The number of likely N-dealkylation sites (N-methyl/N-ethyl adjacent to an activating group) is 1. The summed E-state index contributed by atoms with van der Waals surface area (Å²) in [6.45, 7) is 1.18. The van der Waals surface area contributed by atoms with Crippen LogP contribution in [0.5, 0.6) is 0 Å². The van der Waals surface area contributed by atoms with E-state index in [9.17, 15) is 9.59 Å². The summed E-state index contributed by atoms with van der Waals surface area (Å²) >= 11 is 0. The molecule has 0 saturated carbocycles. The highest BCUT2D eigenvalue weighted by Gasteiger charge is 2.26. The molecule has 0 radical (unpaired) electrons. The standard InChI is InChI=1S/C15H20N2O3/c1-17(8-4-7-14(18)19)15(20)13-9-11-5-2-3-6-12(11)10-16-13/h2-3,5-6,13,16H,4,7-10H2,1H3,(H,18,19). The molecule has 1 atom stereocenters. The van der Waals surface area contributed by atoms with Crippen LogP contribution in [0.4, 0.5) is 0 Å². The molecule has 0 aromatic heterocycles. The summed E-state index contributed by atoms with van der Waals surface area (Å²) in [7, 11) is 1.73. The number of rotatable bonds is 5. The third kappa shape index (κ3) is 3.57. The highest BCUT2D eigenvalue weighted by atomic mass is 16.4. The van der Waals surface area contributed by atoms with E-state index in [1.807, 2.05) is 12.1 Å². The van der Waals surface area contributed by atoms with Gasteiger partial charge in [0.25, 0.3) is 0 Å². The first-order valence-electron chi connectivity index (χ1n) is 6.85. The summed E-state index contributed by atoms with van der Waals surface area (Å²) < 4.78 is 0. The fourth-order valence-corrected chi connectivity index (χ4v) is 2.47. The predicted octanol–water partition coefficient (Wildman–Crippen LogP) is 1.02. The molecule has 20 heavy (non-hydrogen) atoms. The average Bonchev–Trinajstić information content (AvgIpc) is 2.45. The molecule has 0 fully saturated rings. The number of carboxylic acid groups (broad SMARTS) is 1. The van der Waals surface area contributed by atoms with Gasteiger partial charge in [0.1, 0.15) is 0 Å². The Morgan fingerprint density at radius 3 is 2.75 bits per heavy atom. The minimum absolute atomic E-state index is 0.0323. The van der Waals surface area contributed by atoms with E-state index >= 15 is 0 Å². The molecule has 1 heterocycles. The molecule has 2 N–H and O–H groups in total. The SMILES string of the molecule is CN(CCCC(=O)O)C(=O)C1Cc2ccccc2CN1. The number of nitrogens with zero attached hydrogens (tertiary/aromatic N) is 1. The molecular weight excluding hydrogens is 256 g/mol. The Bertz CT molecular complexity index is 502. The van der Waals surface area contributed by atoms with E-state index in [0.29, 0.717) is 25.9 Å². The van der Waals surface area contributed by atoms with Gasteiger partial charge >= 0.3 is 5.97 Å². The van der Waals surface area contributed by atoms with Gasteiger partial charge < -0.3 is 15.3 Å². The predicted molar refractivity (Wildman–Crippen MR) is 75.3 cm³/mol. The Balaban J connectivity index is 1.89. The number of fused-ring (bicyclic) bond motifs is 1. The van der Waals surface area contributed by atoms with Crippen molar-refractivity contribution in [2.75, 3.05) is 13.6 Å². The van der Waals surface area contributed by atoms with Gasteiger partial charge in [-0.1, -0.05) is 24.3 Å². The molecule has 1 amide bonds. The van der Waals surface area contributed by atoms with Crippen LogP contribution >= 0.6 is 0 Å². The van der Waals surface area contributed by atoms with Crippen LogP contribution in [0, 0.1) is 0 Å². The Kier molecular flexibility index (Phi) is 4.74. The molecule has 2 rings (SSSR count). The van der Waals surface area contributed by atoms with Crippen LogP contribution in [0.1, 0.15) is 24.0 Å². The average molecular weight is 276 g/mol. The zero-order chi connectivity index (χ0) is 14.5. The van der Waals surface area contributed by atoms with E-state index in [4.69, 9.17) is 5.11 Å². The van der Waals surface area contributed by atoms with Crippen molar-refractivity contribution in [2.45, 2.75) is 31.8 Å². The van der Waals surface area contributed by atoms with Gasteiger partial charge in [0.2, 0.25) is 5.91 Å². The maximum Gasteiger partial charge on any atom is 0.303 e. The second kappa shape index (κ2) is 6.52. The van der Waals surface area contributed by atoms with Gasteiger partial charge in [-0.2, -0.15) is 0 Å². The molecular formula is C15H20N2O3. The first-order chi connectivity index (χ1) is 9.58. The van der Waals surface area contributed by atoms with E-state index in [1.54, 1.807) is 11.9 Å². The fraction of sp³-hybridized carbons (Fsp3) is 0.467. The Hall–Kier alpha value is -1.88. The number of carboxylic acids is 1. The topological polar surface area (TPSA) is 69.6 Å². The normalized spacial score (nSPS) is 17.4.